The van der Waals surface area contributed by atoms with Gasteiger partial charge in [0.1, 0.15) is 4.21 Å². The van der Waals surface area contributed by atoms with Gasteiger partial charge < -0.3 is 10.2 Å². The molecular formula is C18H28ClN3O3S2. The van der Waals surface area contributed by atoms with E-state index < -0.39 is 10.0 Å². The van der Waals surface area contributed by atoms with E-state index in [4.69, 9.17) is 0 Å². The molecule has 3 aliphatic heterocycles. The van der Waals surface area contributed by atoms with E-state index >= 15 is 0 Å². The summed E-state index contributed by atoms with van der Waals surface area (Å²) in [5.74, 6) is 0.548. The van der Waals surface area contributed by atoms with Crippen molar-refractivity contribution in [2.24, 2.45) is 5.92 Å². The molecule has 1 aromatic heterocycles. The Morgan fingerprint density at radius 3 is 2.52 bits per heavy atom. The number of nitrogens with zero attached hydrogens (tertiary/aromatic N) is 2. The zero-order valence-electron chi connectivity index (χ0n) is 15.6. The number of nitrogens with one attached hydrogen (secondary N) is 1. The number of fused-ring (bicyclic) bond motifs is 2. The molecule has 9 heteroatoms. The molecule has 27 heavy (non-hydrogen) atoms. The van der Waals surface area contributed by atoms with Crippen LogP contribution in [-0.4, -0.2) is 61.8 Å². The average molecular weight is 434 g/mol. The molecule has 3 aliphatic rings. The first-order valence-corrected chi connectivity index (χ1v) is 11.8. The van der Waals surface area contributed by atoms with E-state index in [9.17, 15) is 13.2 Å². The molecule has 6 nitrogen and oxygen atoms in total. The predicted octanol–water partition coefficient (Wildman–Crippen LogP) is 2.56. The van der Waals surface area contributed by atoms with Crippen LogP contribution in [0.5, 0.6) is 0 Å². The van der Waals surface area contributed by atoms with E-state index in [0.29, 0.717) is 40.2 Å². The van der Waals surface area contributed by atoms with Crippen LogP contribution in [0.15, 0.2) is 16.3 Å². The number of amides is 1. The molecular weight excluding hydrogens is 406 g/mol. The Hall–Kier alpha value is -0.670. The monoisotopic (exact) mass is 433 g/mol. The highest BCUT2D eigenvalue weighted by Crippen LogP contribution is 2.30. The van der Waals surface area contributed by atoms with Crippen LogP contribution in [0, 0.1) is 5.92 Å². The lowest BCUT2D eigenvalue weighted by molar-refractivity contribution is 0.0753. The number of sulfonamides is 1. The zero-order valence-corrected chi connectivity index (χ0v) is 18.0. The average Bonchev–Trinajstić information content (AvgIpc) is 3.22. The van der Waals surface area contributed by atoms with E-state index in [-0.39, 0.29) is 18.3 Å². The fourth-order valence-corrected chi connectivity index (χ4v) is 7.11. The van der Waals surface area contributed by atoms with Crippen LogP contribution in [0.4, 0.5) is 0 Å². The van der Waals surface area contributed by atoms with Gasteiger partial charge in [0.05, 0.1) is 4.88 Å². The summed E-state index contributed by atoms with van der Waals surface area (Å²) in [7, 11) is -3.48. The van der Waals surface area contributed by atoms with Gasteiger partial charge in [-0.3, -0.25) is 4.79 Å². The van der Waals surface area contributed by atoms with Gasteiger partial charge in [-0.2, -0.15) is 4.31 Å². The number of hydrogen-bond acceptors (Lipinski definition) is 5. The quantitative estimate of drug-likeness (QED) is 0.795. The molecule has 152 valence electrons. The second-order valence-corrected chi connectivity index (χ2v) is 11.1. The van der Waals surface area contributed by atoms with Crippen LogP contribution in [0.2, 0.25) is 0 Å². The highest BCUT2D eigenvalue weighted by molar-refractivity contribution is 7.91. The molecule has 0 aromatic carbocycles. The highest BCUT2D eigenvalue weighted by Gasteiger charge is 2.33. The van der Waals surface area contributed by atoms with Crippen molar-refractivity contribution >= 4 is 39.7 Å². The smallest absolute Gasteiger partial charge is 0.264 e. The lowest BCUT2D eigenvalue weighted by Crippen LogP contribution is -2.38. The first-order valence-electron chi connectivity index (χ1n) is 9.59. The number of halogens is 1. The van der Waals surface area contributed by atoms with Gasteiger partial charge in [-0.25, -0.2) is 8.42 Å². The number of thiophene rings is 1. The summed E-state index contributed by atoms with van der Waals surface area (Å²) in [5, 5.41) is 3.57. The minimum Gasteiger partial charge on any atom is -0.336 e. The zero-order chi connectivity index (χ0) is 18.3. The molecule has 1 aromatic rings. The lowest BCUT2D eigenvalue weighted by Gasteiger charge is -2.28. The molecule has 4 heterocycles. The topological polar surface area (TPSA) is 69.7 Å². The van der Waals surface area contributed by atoms with Gasteiger partial charge in [0.25, 0.3) is 15.9 Å². The van der Waals surface area contributed by atoms with Crippen molar-refractivity contribution in [2.75, 3.05) is 26.2 Å². The predicted molar refractivity (Wildman–Crippen MR) is 109 cm³/mol. The van der Waals surface area contributed by atoms with E-state index in [1.165, 1.54) is 6.42 Å². The molecule has 0 saturated carbocycles. The minimum atomic E-state index is -3.48. The maximum atomic E-state index is 12.9. The van der Waals surface area contributed by atoms with Gasteiger partial charge in [-0.05, 0) is 50.2 Å². The maximum Gasteiger partial charge on any atom is 0.264 e. The molecule has 1 N–H and O–H groups in total. The van der Waals surface area contributed by atoms with E-state index in [2.05, 4.69) is 12.2 Å². The third-order valence-electron chi connectivity index (χ3n) is 5.94. The Kier molecular flexibility index (Phi) is 6.52. The lowest BCUT2D eigenvalue weighted by atomic mass is 10.0. The number of hydrogen-bond donors (Lipinski definition) is 1. The molecule has 3 saturated heterocycles. The van der Waals surface area contributed by atoms with Crippen LogP contribution in [0.1, 0.15) is 48.7 Å². The van der Waals surface area contributed by atoms with E-state index in [0.717, 1.165) is 50.1 Å². The summed E-state index contributed by atoms with van der Waals surface area (Å²) in [4.78, 5) is 15.3. The van der Waals surface area contributed by atoms with Crippen LogP contribution < -0.4 is 5.32 Å². The van der Waals surface area contributed by atoms with E-state index in [1.54, 1.807) is 16.4 Å². The number of piperidine rings is 1. The summed E-state index contributed by atoms with van der Waals surface area (Å²) >= 11 is 1.12. The molecule has 3 fully saturated rings. The molecule has 1 amide bonds. The highest BCUT2D eigenvalue weighted by atomic mass is 35.5. The summed E-state index contributed by atoms with van der Waals surface area (Å²) in [6.45, 7) is 4.78. The van der Waals surface area contributed by atoms with Crippen LogP contribution in [0.25, 0.3) is 0 Å². The van der Waals surface area contributed by atoms with Gasteiger partial charge >= 0.3 is 0 Å². The second kappa shape index (κ2) is 8.37. The molecule has 0 radical (unpaired) electrons. The standard InChI is InChI=1S/C18H27N3O3S2.ClH/c1-13-6-10-21(11-7-13)26(23,24)17-5-4-16(25-17)18(22)20-9-8-14-2-3-15(12-20)19-14;/h4-5,13-15,19H,2-3,6-12H2,1H3;1H. The Morgan fingerprint density at radius 2 is 1.78 bits per heavy atom. The molecule has 0 aliphatic carbocycles. The van der Waals surface area contributed by atoms with Gasteiger partial charge in [-0.15, -0.1) is 23.7 Å². The van der Waals surface area contributed by atoms with Crippen molar-refractivity contribution in [3.05, 3.63) is 17.0 Å². The van der Waals surface area contributed by atoms with Gasteiger partial charge in [0, 0.05) is 38.3 Å². The summed E-state index contributed by atoms with van der Waals surface area (Å²) < 4.78 is 27.6. The molecule has 4 rings (SSSR count). The third-order valence-corrected chi connectivity index (χ3v) is 9.38. The number of rotatable bonds is 3. The second-order valence-electron chi connectivity index (χ2n) is 7.88. The first-order chi connectivity index (χ1) is 12.4. The molecule has 2 bridgehead atoms. The molecule has 2 atom stereocenters. The Bertz CT molecular complexity index is 775. The van der Waals surface area contributed by atoms with Crippen molar-refractivity contribution in [3.63, 3.8) is 0 Å². The maximum absolute atomic E-state index is 12.9. The van der Waals surface area contributed by atoms with Crippen molar-refractivity contribution in [3.8, 4) is 0 Å². The fraction of sp³-hybridized carbons (Fsp3) is 0.722. The van der Waals surface area contributed by atoms with Crippen molar-refractivity contribution in [2.45, 2.75) is 55.3 Å². The Labute approximate surface area is 171 Å². The number of carbonyl (C=O) groups is 1. The van der Waals surface area contributed by atoms with Crippen molar-refractivity contribution in [1.82, 2.24) is 14.5 Å². The van der Waals surface area contributed by atoms with Crippen LogP contribution >= 0.6 is 23.7 Å². The van der Waals surface area contributed by atoms with E-state index in [1.807, 2.05) is 4.90 Å². The SMILES string of the molecule is CC1CCN(S(=O)(=O)c2ccc(C(=O)N3CCC4CCC(C3)N4)s2)CC1.Cl. The largest absolute Gasteiger partial charge is 0.336 e. The molecule has 2 unspecified atom stereocenters. The summed E-state index contributed by atoms with van der Waals surface area (Å²) in [6, 6.07) is 4.19. The normalized spacial score (nSPS) is 27.2. The van der Waals surface area contributed by atoms with Crippen LogP contribution in [-0.2, 0) is 10.0 Å². The van der Waals surface area contributed by atoms with Gasteiger partial charge in [-0.1, -0.05) is 6.92 Å². The third kappa shape index (κ3) is 4.34. The summed E-state index contributed by atoms with van der Waals surface area (Å²) in [5.41, 5.74) is 0. The van der Waals surface area contributed by atoms with Gasteiger partial charge in [0.15, 0.2) is 0 Å². The first kappa shape index (κ1) is 21.0. The Balaban J connectivity index is 0.00000210. The van der Waals surface area contributed by atoms with Gasteiger partial charge in [0.2, 0.25) is 0 Å². The number of carbonyl (C=O) groups excluding carboxylic acids is 1. The summed E-state index contributed by atoms with van der Waals surface area (Å²) in [6.07, 6.45) is 5.10. The fourth-order valence-electron chi connectivity index (χ4n) is 4.21. The van der Waals surface area contributed by atoms with Crippen LogP contribution in [0.3, 0.4) is 0 Å². The molecule has 0 spiro atoms. The van der Waals surface area contributed by atoms with Crippen molar-refractivity contribution in [1.29, 1.82) is 0 Å². The Morgan fingerprint density at radius 1 is 1.07 bits per heavy atom. The van der Waals surface area contributed by atoms with Crippen molar-refractivity contribution < 1.29 is 13.2 Å². The minimum absolute atomic E-state index is 0. The number of likely N-dealkylation sites (tertiary alicyclic amines) is 1.